The maximum absolute atomic E-state index is 12.8. The lowest BCUT2D eigenvalue weighted by molar-refractivity contribution is -0.246. The van der Waals surface area contributed by atoms with Gasteiger partial charge in [0.05, 0.1) is 0 Å². The van der Waals surface area contributed by atoms with Crippen LogP contribution in [0.15, 0.2) is 0 Å². The van der Waals surface area contributed by atoms with E-state index in [9.17, 15) is 18.4 Å². The number of nitrogens with one attached hydrogen (secondary N) is 1. The third kappa shape index (κ3) is 2.38. The predicted molar refractivity (Wildman–Crippen MR) is 56.5 cm³/mol. The molecule has 2 N–H and O–H groups in total. The topological polar surface area (TPSA) is 78.9 Å². The Bertz CT molecular complexity index is 352. The molecule has 0 unspecified atom stereocenters. The molecule has 0 bridgehead atoms. The van der Waals surface area contributed by atoms with Crippen LogP contribution < -0.4 is 5.32 Å². The molecule has 0 aromatic rings. The quantitative estimate of drug-likeness (QED) is 0.584. The van der Waals surface area contributed by atoms with Gasteiger partial charge in [-0.25, -0.2) is 18.6 Å². The third-order valence-corrected chi connectivity index (χ3v) is 2.54. The van der Waals surface area contributed by atoms with E-state index in [4.69, 9.17) is 9.94 Å². The minimum absolute atomic E-state index is 0.0327. The number of carbonyl (C=O) groups is 2. The second kappa shape index (κ2) is 4.68. The monoisotopic (exact) mass is 266 g/mol. The first-order chi connectivity index (χ1) is 8.18. The zero-order valence-corrected chi connectivity index (χ0v) is 10.4. The molecule has 6 nitrogen and oxygen atoms in total. The van der Waals surface area contributed by atoms with E-state index >= 15 is 0 Å². The highest BCUT2D eigenvalue weighted by Gasteiger charge is 2.62. The van der Waals surface area contributed by atoms with Gasteiger partial charge in [0.2, 0.25) is 0 Å². The molecular formula is C10H16F2N2O4. The number of halogens is 2. The molecule has 104 valence electrons. The van der Waals surface area contributed by atoms with Crippen molar-refractivity contribution in [1.29, 1.82) is 0 Å². The molecule has 1 fully saturated rings. The van der Waals surface area contributed by atoms with Crippen molar-refractivity contribution in [3.8, 4) is 0 Å². The Morgan fingerprint density at radius 3 is 2.39 bits per heavy atom. The van der Waals surface area contributed by atoms with Gasteiger partial charge in [-0.05, 0) is 20.8 Å². The van der Waals surface area contributed by atoms with Crippen molar-refractivity contribution in [1.82, 2.24) is 10.4 Å². The molecule has 1 aliphatic rings. The van der Waals surface area contributed by atoms with Gasteiger partial charge in [0.25, 0.3) is 5.91 Å². The summed E-state index contributed by atoms with van der Waals surface area (Å²) in [5, 5.41) is 11.2. The molecule has 0 radical (unpaired) electrons. The first-order valence-electron chi connectivity index (χ1n) is 5.32. The summed E-state index contributed by atoms with van der Waals surface area (Å²) >= 11 is 0. The Kier molecular flexibility index (Phi) is 3.80. The molecule has 1 rings (SSSR count). The van der Waals surface area contributed by atoms with Crippen molar-refractivity contribution in [2.45, 2.75) is 38.0 Å². The summed E-state index contributed by atoms with van der Waals surface area (Å²) in [4.78, 5) is 22.7. The second-order valence-corrected chi connectivity index (χ2v) is 5.10. The molecule has 1 atom stereocenters. The molecule has 0 spiro atoms. The maximum Gasteiger partial charge on any atom is 0.408 e. The van der Waals surface area contributed by atoms with E-state index in [-0.39, 0.29) is 5.06 Å². The van der Waals surface area contributed by atoms with E-state index in [1.165, 1.54) is 0 Å². The highest BCUT2D eigenvalue weighted by atomic mass is 19.1. The molecule has 1 aliphatic heterocycles. The summed E-state index contributed by atoms with van der Waals surface area (Å²) in [5.74, 6) is -0.976. The van der Waals surface area contributed by atoms with Crippen LogP contribution in [0.3, 0.4) is 0 Å². The van der Waals surface area contributed by atoms with Gasteiger partial charge in [0.1, 0.15) is 25.0 Å². The first-order valence-corrected chi connectivity index (χ1v) is 5.32. The predicted octanol–water partition coefficient (Wildman–Crippen LogP) is 0.789. The van der Waals surface area contributed by atoms with Crippen LogP contribution >= 0.6 is 0 Å². The van der Waals surface area contributed by atoms with Crippen LogP contribution in [0, 0.1) is 0 Å². The summed E-state index contributed by atoms with van der Waals surface area (Å²) in [6.45, 7) is 2.18. The highest BCUT2D eigenvalue weighted by molar-refractivity contribution is 5.93. The van der Waals surface area contributed by atoms with E-state index < -0.39 is 42.5 Å². The minimum atomic E-state index is -2.05. The number of ether oxygens (including phenoxy) is 1. The van der Waals surface area contributed by atoms with Crippen LogP contribution in [0.5, 0.6) is 0 Å². The Balaban J connectivity index is 2.72. The molecule has 18 heavy (non-hydrogen) atoms. The number of amides is 2. The highest BCUT2D eigenvalue weighted by Crippen LogP contribution is 2.32. The van der Waals surface area contributed by atoms with Crippen LogP contribution in [-0.2, 0) is 9.53 Å². The van der Waals surface area contributed by atoms with Crippen molar-refractivity contribution in [3.05, 3.63) is 0 Å². The smallest absolute Gasteiger partial charge is 0.408 e. The minimum Gasteiger partial charge on any atom is -0.444 e. The normalized spacial score (nSPS) is 22.4. The fourth-order valence-electron chi connectivity index (χ4n) is 1.55. The Morgan fingerprint density at radius 2 is 2.00 bits per heavy atom. The van der Waals surface area contributed by atoms with Gasteiger partial charge in [-0.1, -0.05) is 0 Å². The van der Waals surface area contributed by atoms with Gasteiger partial charge in [-0.2, -0.15) is 0 Å². The molecule has 2 amide bonds. The number of alkyl halides is 2. The summed E-state index contributed by atoms with van der Waals surface area (Å²) in [6, 6.07) is -1.47. The number of rotatable bonds is 3. The second-order valence-electron chi connectivity index (χ2n) is 5.10. The van der Waals surface area contributed by atoms with Crippen molar-refractivity contribution in [2.24, 2.45) is 0 Å². The van der Waals surface area contributed by atoms with E-state index in [0.717, 1.165) is 0 Å². The Hall–Kier alpha value is -1.44. The first kappa shape index (κ1) is 14.6. The van der Waals surface area contributed by atoms with E-state index in [0.29, 0.717) is 0 Å². The van der Waals surface area contributed by atoms with Crippen LogP contribution in [0.1, 0.15) is 20.8 Å². The summed E-state index contributed by atoms with van der Waals surface area (Å²) < 4.78 is 30.4. The van der Waals surface area contributed by atoms with Gasteiger partial charge < -0.3 is 10.1 Å². The number of hydroxylamine groups is 2. The molecule has 0 aromatic heterocycles. The van der Waals surface area contributed by atoms with E-state index in [1.54, 1.807) is 20.8 Å². The molecule has 1 saturated heterocycles. The number of carbonyl (C=O) groups excluding carboxylic acids is 2. The van der Waals surface area contributed by atoms with Gasteiger partial charge >= 0.3 is 6.09 Å². The van der Waals surface area contributed by atoms with Gasteiger partial charge in [0, 0.05) is 0 Å². The number of hydrogen-bond donors (Lipinski definition) is 2. The fraction of sp³-hybridized carbons (Fsp3) is 0.800. The van der Waals surface area contributed by atoms with Gasteiger partial charge in [-0.3, -0.25) is 10.0 Å². The zero-order valence-electron chi connectivity index (χ0n) is 10.4. The summed E-state index contributed by atoms with van der Waals surface area (Å²) in [5.41, 5.74) is -2.85. The number of β-lactam (4-membered cyclic amide) rings is 1. The van der Waals surface area contributed by atoms with Gasteiger partial charge in [0.15, 0.2) is 5.54 Å². The van der Waals surface area contributed by atoms with Crippen molar-refractivity contribution in [2.75, 3.05) is 13.3 Å². The Labute approximate surface area is 103 Å². The molecule has 8 heteroatoms. The average molecular weight is 266 g/mol. The maximum atomic E-state index is 12.8. The van der Waals surface area contributed by atoms with Crippen molar-refractivity contribution in [3.63, 3.8) is 0 Å². The molecule has 0 aromatic carbocycles. The zero-order chi connectivity index (χ0) is 14.1. The summed E-state index contributed by atoms with van der Waals surface area (Å²) in [6.07, 6.45) is -0.972. The lowest BCUT2D eigenvalue weighted by Gasteiger charge is -2.50. The third-order valence-electron chi connectivity index (χ3n) is 2.54. The number of alkyl carbamates (subject to hydrolysis) is 1. The van der Waals surface area contributed by atoms with Crippen LogP contribution in [0.4, 0.5) is 13.6 Å². The largest absolute Gasteiger partial charge is 0.444 e. The van der Waals surface area contributed by atoms with E-state index in [2.05, 4.69) is 5.32 Å². The Morgan fingerprint density at radius 1 is 1.50 bits per heavy atom. The lowest BCUT2D eigenvalue weighted by atomic mass is 9.83. The van der Waals surface area contributed by atoms with Crippen LogP contribution in [0.25, 0.3) is 0 Å². The average Bonchev–Trinajstić information content (AvgIpc) is 2.26. The van der Waals surface area contributed by atoms with Gasteiger partial charge in [-0.15, -0.1) is 0 Å². The molecule has 0 aliphatic carbocycles. The fourth-order valence-corrected chi connectivity index (χ4v) is 1.55. The van der Waals surface area contributed by atoms with Crippen molar-refractivity contribution >= 4 is 12.0 Å². The lowest BCUT2D eigenvalue weighted by Crippen LogP contribution is -2.80. The molecule has 0 saturated carbocycles. The number of hydrogen-bond acceptors (Lipinski definition) is 4. The SMILES string of the molecule is CC(C)(C)OC(=O)N[C@@H]1C(=O)N(O)C1(CF)CF. The van der Waals surface area contributed by atoms with Crippen LogP contribution in [-0.4, -0.2) is 52.8 Å². The van der Waals surface area contributed by atoms with E-state index in [1.807, 2.05) is 0 Å². The standard InChI is InChI=1S/C10H16F2N2O4/c1-9(2,3)18-8(16)13-6-7(15)14(17)10(6,4-11)5-12/h6,17H,4-5H2,1-3H3,(H,13,16)/t6-/m1/s1. The van der Waals surface area contributed by atoms with Crippen molar-refractivity contribution < 1.29 is 28.3 Å². The molecule has 1 heterocycles. The summed E-state index contributed by atoms with van der Waals surface area (Å²) in [7, 11) is 0. The van der Waals surface area contributed by atoms with Crippen LogP contribution in [0.2, 0.25) is 0 Å². The number of nitrogens with zero attached hydrogens (tertiary/aromatic N) is 1. The molecular weight excluding hydrogens is 250 g/mol.